The molecule has 0 atom stereocenters. The molecule has 1 fully saturated rings. The average molecular weight is 404 g/mol. The van der Waals surface area contributed by atoms with Gasteiger partial charge in [-0.25, -0.2) is 13.4 Å². The molecule has 4 rings (SSSR count). The molecule has 4 heterocycles. The van der Waals surface area contributed by atoms with Crippen molar-refractivity contribution in [1.82, 2.24) is 29.1 Å². The second-order valence-electron chi connectivity index (χ2n) is 7.26. The number of aryl methyl sites for hydroxylation is 4. The number of hydrogen-bond acceptors (Lipinski definition) is 7. The van der Waals surface area contributed by atoms with Crippen molar-refractivity contribution in [2.24, 2.45) is 7.05 Å². The first-order chi connectivity index (χ1) is 13.3. The number of aromatic nitrogens is 4. The van der Waals surface area contributed by atoms with E-state index in [1.54, 1.807) is 18.5 Å². The van der Waals surface area contributed by atoms with Crippen molar-refractivity contribution < 1.29 is 12.9 Å². The summed E-state index contributed by atoms with van der Waals surface area (Å²) in [6.45, 7) is 8.19. The van der Waals surface area contributed by atoms with Crippen molar-refractivity contribution in [3.05, 3.63) is 35.0 Å². The van der Waals surface area contributed by atoms with Crippen LogP contribution in [0, 0.1) is 20.8 Å². The van der Waals surface area contributed by atoms with E-state index >= 15 is 0 Å². The summed E-state index contributed by atoms with van der Waals surface area (Å²) >= 11 is 0. The Morgan fingerprint density at radius 3 is 2.46 bits per heavy atom. The summed E-state index contributed by atoms with van der Waals surface area (Å²) in [4.78, 5) is 6.97. The Hall–Kier alpha value is -2.30. The van der Waals surface area contributed by atoms with E-state index in [0.29, 0.717) is 37.6 Å². The van der Waals surface area contributed by atoms with Crippen LogP contribution in [0.5, 0.6) is 0 Å². The Labute approximate surface area is 164 Å². The van der Waals surface area contributed by atoms with Gasteiger partial charge < -0.3 is 4.52 Å². The molecule has 0 aliphatic carbocycles. The van der Waals surface area contributed by atoms with Crippen LogP contribution in [0.15, 0.2) is 21.7 Å². The van der Waals surface area contributed by atoms with Crippen molar-refractivity contribution in [3.63, 3.8) is 0 Å². The van der Waals surface area contributed by atoms with Crippen LogP contribution in [0.3, 0.4) is 0 Å². The van der Waals surface area contributed by atoms with Crippen molar-refractivity contribution in [2.45, 2.75) is 32.2 Å². The lowest BCUT2D eigenvalue weighted by Crippen LogP contribution is -2.48. The Morgan fingerprint density at radius 1 is 1.11 bits per heavy atom. The first-order valence-electron chi connectivity index (χ1n) is 9.21. The van der Waals surface area contributed by atoms with Crippen LogP contribution in [0.2, 0.25) is 0 Å². The maximum absolute atomic E-state index is 12.9. The summed E-state index contributed by atoms with van der Waals surface area (Å²) in [5, 5.41) is 9.24. The van der Waals surface area contributed by atoms with Crippen LogP contribution in [0.4, 0.5) is 0 Å². The monoisotopic (exact) mass is 404 g/mol. The molecule has 0 N–H and O–H groups in total. The molecule has 150 valence electrons. The lowest BCUT2D eigenvalue weighted by molar-refractivity contribution is 0.181. The fraction of sp³-hybridized carbons (Fsp3) is 0.500. The third kappa shape index (κ3) is 3.21. The molecule has 0 unspecified atom stereocenters. The zero-order chi connectivity index (χ0) is 20.1. The zero-order valence-corrected chi connectivity index (χ0v) is 17.3. The number of nitrogens with zero attached hydrogens (tertiary/aromatic N) is 6. The fourth-order valence-electron chi connectivity index (χ4n) is 3.80. The predicted molar refractivity (Wildman–Crippen MR) is 103 cm³/mol. The number of pyridine rings is 1. The fourth-order valence-corrected chi connectivity index (χ4v) is 5.51. The molecule has 1 aliphatic rings. The van der Waals surface area contributed by atoms with Crippen molar-refractivity contribution in [3.8, 4) is 0 Å². The van der Waals surface area contributed by atoms with Crippen molar-refractivity contribution in [1.29, 1.82) is 0 Å². The molecule has 1 saturated heterocycles. The molecule has 9 nitrogen and oxygen atoms in total. The van der Waals surface area contributed by atoms with Crippen LogP contribution < -0.4 is 0 Å². The smallest absolute Gasteiger partial charge is 0.248 e. The van der Waals surface area contributed by atoms with E-state index in [4.69, 9.17) is 4.52 Å². The van der Waals surface area contributed by atoms with Crippen LogP contribution in [-0.4, -0.2) is 63.7 Å². The van der Waals surface area contributed by atoms with E-state index in [1.165, 1.54) is 4.31 Å². The van der Waals surface area contributed by atoms with E-state index in [2.05, 4.69) is 26.2 Å². The molecule has 0 amide bonds. The summed E-state index contributed by atoms with van der Waals surface area (Å²) < 4.78 is 34.2. The second-order valence-corrected chi connectivity index (χ2v) is 9.13. The van der Waals surface area contributed by atoms with Gasteiger partial charge in [-0.2, -0.15) is 9.40 Å². The Kier molecular flexibility index (Phi) is 4.72. The van der Waals surface area contributed by atoms with Gasteiger partial charge in [-0.05, 0) is 32.4 Å². The lowest BCUT2D eigenvalue weighted by Gasteiger charge is -2.33. The van der Waals surface area contributed by atoms with Gasteiger partial charge in [0.05, 0.1) is 5.69 Å². The summed E-state index contributed by atoms with van der Waals surface area (Å²) in [7, 11) is -1.69. The minimum absolute atomic E-state index is 0.197. The number of piperazine rings is 1. The normalized spacial score (nSPS) is 16.9. The lowest BCUT2D eigenvalue weighted by atomic mass is 10.2. The van der Waals surface area contributed by atoms with E-state index in [9.17, 15) is 8.42 Å². The van der Waals surface area contributed by atoms with Crippen LogP contribution in [0.1, 0.15) is 22.7 Å². The van der Waals surface area contributed by atoms with E-state index in [-0.39, 0.29) is 4.90 Å². The molecular formula is C18H24N6O3S. The molecule has 28 heavy (non-hydrogen) atoms. The van der Waals surface area contributed by atoms with Gasteiger partial charge in [0.25, 0.3) is 0 Å². The van der Waals surface area contributed by atoms with Crippen molar-refractivity contribution in [2.75, 3.05) is 26.2 Å². The highest BCUT2D eigenvalue weighted by atomic mass is 32.2. The van der Waals surface area contributed by atoms with Gasteiger partial charge in [0.2, 0.25) is 10.0 Å². The minimum Gasteiger partial charge on any atom is -0.360 e. The highest BCUT2D eigenvalue weighted by Crippen LogP contribution is 2.25. The number of sulfonamides is 1. The molecule has 3 aromatic heterocycles. The van der Waals surface area contributed by atoms with Gasteiger partial charge in [-0.1, -0.05) is 5.16 Å². The molecule has 3 aromatic rings. The largest absolute Gasteiger partial charge is 0.360 e. The third-order valence-electron chi connectivity index (χ3n) is 5.22. The molecule has 0 saturated carbocycles. The average Bonchev–Trinajstić information content (AvgIpc) is 3.14. The summed E-state index contributed by atoms with van der Waals surface area (Å²) in [6, 6.07) is 2.12. The summed E-state index contributed by atoms with van der Waals surface area (Å²) in [5.74, 6) is 0.339. The third-order valence-corrected chi connectivity index (χ3v) is 7.37. The van der Waals surface area contributed by atoms with Crippen LogP contribution in [0.25, 0.3) is 11.0 Å². The van der Waals surface area contributed by atoms with Crippen LogP contribution >= 0.6 is 0 Å². The predicted octanol–water partition coefficient (Wildman–Crippen LogP) is 1.39. The minimum atomic E-state index is -3.58. The second kappa shape index (κ2) is 6.94. The number of fused-ring (bicyclic) bond motifs is 1. The van der Waals surface area contributed by atoms with Gasteiger partial charge in [-0.3, -0.25) is 9.58 Å². The van der Waals surface area contributed by atoms with Crippen molar-refractivity contribution >= 4 is 21.1 Å². The molecular weight excluding hydrogens is 380 g/mol. The van der Waals surface area contributed by atoms with Gasteiger partial charge in [-0.15, -0.1) is 0 Å². The first kappa shape index (κ1) is 19.0. The van der Waals surface area contributed by atoms with E-state index in [0.717, 1.165) is 28.8 Å². The highest BCUT2D eigenvalue weighted by Gasteiger charge is 2.33. The quantitative estimate of drug-likeness (QED) is 0.648. The van der Waals surface area contributed by atoms with Gasteiger partial charge >= 0.3 is 0 Å². The summed E-state index contributed by atoms with van der Waals surface area (Å²) in [5.41, 5.74) is 3.34. The summed E-state index contributed by atoms with van der Waals surface area (Å²) in [6.07, 6.45) is 1.87. The topological polar surface area (TPSA) is 97.4 Å². The van der Waals surface area contributed by atoms with Gasteiger partial charge in [0.1, 0.15) is 10.6 Å². The molecule has 0 aromatic carbocycles. The number of rotatable bonds is 4. The molecule has 0 radical (unpaired) electrons. The zero-order valence-electron chi connectivity index (χ0n) is 16.5. The Bertz CT molecular complexity index is 1110. The maximum Gasteiger partial charge on any atom is 0.248 e. The molecule has 10 heteroatoms. The van der Waals surface area contributed by atoms with Crippen LogP contribution in [-0.2, 0) is 23.6 Å². The standard InChI is InChI=1S/C18H24N6O3S/c1-12-16-9-15(10-19-18(16)22(4)20-12)11-23-5-7-24(8-6-23)28(25,26)17-13(2)21-27-14(17)3/h9-10H,5-8,11H2,1-4H3. The van der Waals surface area contributed by atoms with E-state index < -0.39 is 10.0 Å². The highest BCUT2D eigenvalue weighted by molar-refractivity contribution is 7.89. The Morgan fingerprint density at radius 2 is 1.82 bits per heavy atom. The number of hydrogen-bond donors (Lipinski definition) is 0. The first-order valence-corrected chi connectivity index (χ1v) is 10.6. The van der Waals surface area contributed by atoms with Gasteiger partial charge in [0.15, 0.2) is 11.4 Å². The molecule has 1 aliphatic heterocycles. The van der Waals surface area contributed by atoms with Gasteiger partial charge in [0, 0.05) is 51.4 Å². The maximum atomic E-state index is 12.9. The Balaban J connectivity index is 1.45. The molecule has 0 bridgehead atoms. The SMILES string of the molecule is Cc1noc(C)c1S(=O)(=O)N1CCN(Cc2cnc3c(c2)c(C)nn3C)CC1. The molecule has 0 spiro atoms. The van der Waals surface area contributed by atoms with E-state index in [1.807, 2.05) is 20.2 Å².